The molecule has 4 rings (SSSR count). The van der Waals surface area contributed by atoms with E-state index in [4.69, 9.17) is 21.1 Å². The quantitative estimate of drug-likeness (QED) is 0.857. The number of carbonyl (C=O) groups excluding carboxylic acids is 1. The second-order valence-electron chi connectivity index (χ2n) is 6.83. The van der Waals surface area contributed by atoms with Crippen LogP contribution >= 0.6 is 11.6 Å². The molecule has 0 bridgehead atoms. The highest BCUT2D eigenvalue weighted by atomic mass is 35.5. The smallest absolute Gasteiger partial charge is 0.224 e. The van der Waals surface area contributed by atoms with Crippen molar-refractivity contribution in [3.8, 4) is 11.5 Å². The number of fused-ring (bicyclic) bond motifs is 2. The monoisotopic (exact) mass is 386 g/mol. The number of aryl methyl sites for hydroxylation is 1. The first-order valence-electron chi connectivity index (χ1n) is 9.38. The van der Waals surface area contributed by atoms with Crippen LogP contribution in [0, 0.1) is 0 Å². The lowest BCUT2D eigenvalue weighted by atomic mass is 10.0. The molecular formula is C21H23ClN2O3. The number of anilines is 1. The summed E-state index contributed by atoms with van der Waals surface area (Å²) in [6.07, 6.45) is 2.51. The van der Waals surface area contributed by atoms with Gasteiger partial charge >= 0.3 is 0 Å². The number of halogens is 1. The Hall–Kier alpha value is -2.40. The van der Waals surface area contributed by atoms with Gasteiger partial charge in [-0.2, -0.15) is 0 Å². The lowest BCUT2D eigenvalue weighted by molar-refractivity contribution is -0.120. The number of amides is 1. The van der Waals surface area contributed by atoms with Crippen LogP contribution in [0.2, 0.25) is 5.02 Å². The Morgan fingerprint density at radius 1 is 1.15 bits per heavy atom. The Balaban J connectivity index is 1.32. The lowest BCUT2D eigenvalue weighted by Crippen LogP contribution is -2.38. The molecule has 0 aromatic heterocycles. The topological polar surface area (TPSA) is 50.8 Å². The number of para-hydroxylation sites is 1. The van der Waals surface area contributed by atoms with Gasteiger partial charge < -0.3 is 19.7 Å². The average molecular weight is 387 g/mol. The minimum atomic E-state index is -0.0427. The van der Waals surface area contributed by atoms with Gasteiger partial charge in [0.05, 0.1) is 6.42 Å². The molecule has 0 radical (unpaired) electrons. The molecule has 142 valence electrons. The fourth-order valence-corrected chi connectivity index (χ4v) is 3.87. The van der Waals surface area contributed by atoms with Crippen LogP contribution in [0.5, 0.6) is 11.5 Å². The Bertz CT molecular complexity index is 840. The molecular weight excluding hydrogens is 364 g/mol. The van der Waals surface area contributed by atoms with Crippen LogP contribution in [0.1, 0.15) is 17.5 Å². The predicted molar refractivity (Wildman–Crippen MR) is 106 cm³/mol. The van der Waals surface area contributed by atoms with Crippen LogP contribution in [-0.2, 0) is 17.6 Å². The summed E-state index contributed by atoms with van der Waals surface area (Å²) in [5, 5.41) is 3.53. The first-order chi connectivity index (χ1) is 13.2. The maximum absolute atomic E-state index is 12.4. The highest BCUT2D eigenvalue weighted by Crippen LogP contribution is 2.35. The molecule has 2 aromatic carbocycles. The van der Waals surface area contributed by atoms with E-state index < -0.39 is 0 Å². The lowest BCUT2D eigenvalue weighted by Gasteiger charge is -2.31. The zero-order valence-electron chi connectivity index (χ0n) is 15.2. The fourth-order valence-electron chi connectivity index (χ4n) is 3.65. The number of ether oxygens (including phenoxy) is 2. The van der Waals surface area contributed by atoms with E-state index in [9.17, 15) is 4.79 Å². The summed E-state index contributed by atoms with van der Waals surface area (Å²) < 4.78 is 11.1. The van der Waals surface area contributed by atoms with Crippen molar-refractivity contribution in [2.45, 2.75) is 19.3 Å². The molecule has 1 amide bonds. The van der Waals surface area contributed by atoms with Crippen LogP contribution in [0.4, 0.5) is 5.69 Å². The molecule has 2 aromatic rings. The van der Waals surface area contributed by atoms with E-state index in [0.717, 1.165) is 31.5 Å². The average Bonchev–Trinajstić information content (AvgIpc) is 2.69. The number of carbonyl (C=O) groups is 1. The van der Waals surface area contributed by atoms with Crippen molar-refractivity contribution >= 4 is 23.2 Å². The Labute approximate surface area is 164 Å². The molecule has 6 heteroatoms. The van der Waals surface area contributed by atoms with Gasteiger partial charge in [-0.05, 0) is 36.1 Å². The van der Waals surface area contributed by atoms with Crippen molar-refractivity contribution in [2.24, 2.45) is 0 Å². The second kappa shape index (κ2) is 8.09. The Morgan fingerprint density at radius 2 is 1.93 bits per heavy atom. The summed E-state index contributed by atoms with van der Waals surface area (Å²) in [5.74, 6) is 1.25. The van der Waals surface area contributed by atoms with Crippen molar-refractivity contribution in [1.82, 2.24) is 5.32 Å². The molecule has 5 nitrogen and oxygen atoms in total. The third-order valence-corrected chi connectivity index (χ3v) is 5.32. The first-order valence-corrected chi connectivity index (χ1v) is 9.76. The number of rotatable bonds is 5. The number of nitrogens with zero attached hydrogens (tertiary/aromatic N) is 1. The van der Waals surface area contributed by atoms with Crippen LogP contribution in [-0.4, -0.2) is 38.8 Å². The van der Waals surface area contributed by atoms with Gasteiger partial charge in [-0.3, -0.25) is 4.79 Å². The number of nitrogens with one attached hydrogen (secondary N) is 1. The largest absolute Gasteiger partial charge is 0.486 e. The maximum Gasteiger partial charge on any atom is 0.224 e. The Kier molecular flexibility index (Phi) is 5.39. The molecule has 2 aliphatic rings. The summed E-state index contributed by atoms with van der Waals surface area (Å²) in [6, 6.07) is 12.0. The highest BCUT2D eigenvalue weighted by molar-refractivity contribution is 6.31. The first kappa shape index (κ1) is 18.0. The SMILES string of the molecule is O=C(Cc1cc2c(cc1Cl)OCCO2)NCCN1CCCc2ccccc21. The zero-order chi connectivity index (χ0) is 18.6. The molecule has 0 saturated heterocycles. The van der Waals surface area contributed by atoms with E-state index in [2.05, 4.69) is 34.5 Å². The minimum absolute atomic E-state index is 0.0427. The van der Waals surface area contributed by atoms with E-state index in [1.807, 2.05) is 0 Å². The van der Waals surface area contributed by atoms with Gasteiger partial charge in [0, 0.05) is 36.4 Å². The van der Waals surface area contributed by atoms with Gasteiger partial charge in [0.25, 0.3) is 0 Å². The maximum atomic E-state index is 12.4. The van der Waals surface area contributed by atoms with Gasteiger partial charge in [0.2, 0.25) is 5.91 Å². The molecule has 0 unspecified atom stereocenters. The molecule has 0 atom stereocenters. The van der Waals surface area contributed by atoms with Crippen LogP contribution in [0.3, 0.4) is 0 Å². The molecule has 1 N–H and O–H groups in total. The van der Waals surface area contributed by atoms with E-state index >= 15 is 0 Å². The Morgan fingerprint density at radius 3 is 2.78 bits per heavy atom. The fraction of sp³-hybridized carbons (Fsp3) is 0.381. The third-order valence-electron chi connectivity index (χ3n) is 4.97. The molecule has 0 spiro atoms. The minimum Gasteiger partial charge on any atom is -0.486 e. The van der Waals surface area contributed by atoms with Gasteiger partial charge in [0.15, 0.2) is 11.5 Å². The summed E-state index contributed by atoms with van der Waals surface area (Å²) in [5.41, 5.74) is 3.42. The third kappa shape index (κ3) is 4.14. The molecule has 2 heterocycles. The highest BCUT2D eigenvalue weighted by Gasteiger charge is 2.18. The van der Waals surface area contributed by atoms with E-state index in [1.165, 1.54) is 11.3 Å². The second-order valence-corrected chi connectivity index (χ2v) is 7.24. The molecule has 0 fully saturated rings. The van der Waals surface area contributed by atoms with E-state index in [1.54, 1.807) is 12.1 Å². The standard InChI is InChI=1S/C21H23ClN2O3/c22-17-14-20-19(26-10-11-27-20)12-16(17)13-21(25)23-7-9-24-8-3-5-15-4-1-2-6-18(15)24/h1-2,4,6,12,14H,3,5,7-11,13H2,(H,23,25). The number of hydrogen-bond acceptors (Lipinski definition) is 4. The van der Waals surface area contributed by atoms with Gasteiger partial charge in [0.1, 0.15) is 13.2 Å². The van der Waals surface area contributed by atoms with Crippen LogP contribution < -0.4 is 19.7 Å². The summed E-state index contributed by atoms with van der Waals surface area (Å²) >= 11 is 6.29. The summed E-state index contributed by atoms with van der Waals surface area (Å²) in [4.78, 5) is 14.7. The zero-order valence-corrected chi connectivity index (χ0v) is 15.9. The van der Waals surface area contributed by atoms with E-state index in [-0.39, 0.29) is 12.3 Å². The van der Waals surface area contributed by atoms with Crippen molar-refractivity contribution in [3.63, 3.8) is 0 Å². The van der Waals surface area contributed by atoms with Crippen LogP contribution in [0.25, 0.3) is 0 Å². The number of hydrogen-bond donors (Lipinski definition) is 1. The predicted octanol–water partition coefficient (Wildman–Crippen LogP) is 3.22. The normalized spacial score (nSPS) is 15.2. The van der Waals surface area contributed by atoms with Crippen molar-refractivity contribution in [3.05, 3.63) is 52.5 Å². The van der Waals surface area contributed by atoms with E-state index in [0.29, 0.717) is 36.3 Å². The number of benzene rings is 2. The van der Waals surface area contributed by atoms with Gasteiger partial charge in [-0.25, -0.2) is 0 Å². The molecule has 27 heavy (non-hydrogen) atoms. The van der Waals surface area contributed by atoms with Gasteiger partial charge in [-0.15, -0.1) is 0 Å². The summed E-state index contributed by atoms with van der Waals surface area (Å²) in [6.45, 7) is 3.47. The molecule has 2 aliphatic heterocycles. The van der Waals surface area contributed by atoms with Crippen LogP contribution in [0.15, 0.2) is 36.4 Å². The van der Waals surface area contributed by atoms with Crippen molar-refractivity contribution in [1.29, 1.82) is 0 Å². The molecule has 0 saturated carbocycles. The van der Waals surface area contributed by atoms with Crippen molar-refractivity contribution in [2.75, 3.05) is 37.7 Å². The summed E-state index contributed by atoms with van der Waals surface area (Å²) in [7, 11) is 0. The molecule has 0 aliphatic carbocycles. The van der Waals surface area contributed by atoms with Gasteiger partial charge in [-0.1, -0.05) is 29.8 Å². The van der Waals surface area contributed by atoms with Crippen molar-refractivity contribution < 1.29 is 14.3 Å².